The zero-order chi connectivity index (χ0) is 31.5. The van der Waals surface area contributed by atoms with E-state index in [-0.39, 0.29) is 47.3 Å². The number of carboxylic acid groups (broad SMARTS) is 1. The molecule has 45 heavy (non-hydrogen) atoms. The van der Waals surface area contributed by atoms with Crippen molar-refractivity contribution in [1.29, 1.82) is 0 Å². The first-order valence-electron chi connectivity index (χ1n) is 14.2. The molecule has 0 saturated carbocycles. The molecule has 1 aliphatic rings. The van der Waals surface area contributed by atoms with E-state index in [1.807, 2.05) is 17.0 Å². The molecule has 0 unspecified atom stereocenters. The summed E-state index contributed by atoms with van der Waals surface area (Å²) >= 11 is 0. The van der Waals surface area contributed by atoms with Gasteiger partial charge in [-0.05, 0) is 60.9 Å². The quantitative estimate of drug-likeness (QED) is 0.221. The predicted molar refractivity (Wildman–Crippen MR) is 162 cm³/mol. The Bertz CT molecular complexity index is 1920. The smallest absolute Gasteiger partial charge is 0.341 e. The molecule has 230 valence electrons. The standard InChI is InChI=1S/C33H28F2N4O6/c1-43-22-8-6-20(7-9-22)18-44-23-10-11-28(26(34)14-23)39-17-25(33(41)42)32(40)24-15-27(35)30(16-29(24)39)38-13-3-4-21(38)19-45-31-5-2-12-36-37-31/h2,5-12,14-17,21H,3-4,13,18-19H2,1H3,(H,41,42)/t21-/m1/s1. The number of aromatic nitrogens is 3. The second-order valence-electron chi connectivity index (χ2n) is 10.5. The molecule has 5 aromatic rings. The summed E-state index contributed by atoms with van der Waals surface area (Å²) in [5.41, 5.74) is -0.361. The Hall–Kier alpha value is -5.52. The number of halogens is 2. The van der Waals surface area contributed by atoms with E-state index in [9.17, 15) is 14.7 Å². The summed E-state index contributed by atoms with van der Waals surface area (Å²) in [5, 5.41) is 17.3. The van der Waals surface area contributed by atoms with Crippen LogP contribution in [0.4, 0.5) is 14.5 Å². The maximum Gasteiger partial charge on any atom is 0.341 e. The van der Waals surface area contributed by atoms with Crippen LogP contribution in [0.5, 0.6) is 17.4 Å². The van der Waals surface area contributed by atoms with Crippen molar-refractivity contribution < 1.29 is 32.9 Å². The van der Waals surface area contributed by atoms with Crippen molar-refractivity contribution in [3.05, 3.63) is 112 Å². The van der Waals surface area contributed by atoms with Gasteiger partial charge < -0.3 is 28.8 Å². The summed E-state index contributed by atoms with van der Waals surface area (Å²) in [4.78, 5) is 26.9. The average Bonchev–Trinajstić information content (AvgIpc) is 3.52. The monoisotopic (exact) mass is 614 g/mol. The fraction of sp³-hybridized carbons (Fsp3) is 0.212. The number of hydrogen-bond donors (Lipinski definition) is 1. The van der Waals surface area contributed by atoms with Gasteiger partial charge in [-0.15, -0.1) is 5.10 Å². The van der Waals surface area contributed by atoms with Gasteiger partial charge in [-0.25, -0.2) is 13.6 Å². The predicted octanol–water partition coefficient (Wildman–Crippen LogP) is 5.39. The fourth-order valence-corrected chi connectivity index (χ4v) is 5.44. The number of methoxy groups -OCH3 is 1. The molecule has 1 N–H and O–H groups in total. The molecule has 0 amide bonds. The number of nitrogens with zero attached hydrogens (tertiary/aromatic N) is 4. The molecule has 1 fully saturated rings. The molecule has 3 aromatic carbocycles. The van der Waals surface area contributed by atoms with Crippen molar-refractivity contribution in [1.82, 2.24) is 14.8 Å². The van der Waals surface area contributed by atoms with Gasteiger partial charge in [0.1, 0.15) is 36.1 Å². The third-order valence-electron chi connectivity index (χ3n) is 7.70. The Kier molecular flexibility index (Phi) is 8.28. The molecule has 1 saturated heterocycles. The third-order valence-corrected chi connectivity index (χ3v) is 7.70. The summed E-state index contributed by atoms with van der Waals surface area (Å²) in [6.45, 7) is 0.906. The lowest BCUT2D eigenvalue weighted by atomic mass is 10.1. The van der Waals surface area contributed by atoms with Crippen LogP contribution in [0.1, 0.15) is 28.8 Å². The molecular weight excluding hydrogens is 586 g/mol. The highest BCUT2D eigenvalue weighted by molar-refractivity contribution is 5.94. The minimum Gasteiger partial charge on any atom is -0.497 e. The Morgan fingerprint density at radius 1 is 1.00 bits per heavy atom. The maximum absolute atomic E-state index is 15.7. The lowest BCUT2D eigenvalue weighted by molar-refractivity contribution is 0.0695. The number of carbonyl (C=O) groups is 1. The van der Waals surface area contributed by atoms with Gasteiger partial charge >= 0.3 is 5.97 Å². The lowest BCUT2D eigenvalue weighted by Gasteiger charge is -2.27. The van der Waals surface area contributed by atoms with E-state index in [4.69, 9.17) is 14.2 Å². The molecule has 0 radical (unpaired) electrons. The van der Waals surface area contributed by atoms with Crippen LogP contribution in [-0.2, 0) is 6.61 Å². The molecule has 0 aliphatic carbocycles. The Morgan fingerprint density at radius 3 is 2.49 bits per heavy atom. The Morgan fingerprint density at radius 2 is 1.78 bits per heavy atom. The number of anilines is 1. The lowest BCUT2D eigenvalue weighted by Crippen LogP contribution is -2.35. The van der Waals surface area contributed by atoms with Crippen molar-refractivity contribution >= 4 is 22.6 Å². The van der Waals surface area contributed by atoms with E-state index < -0.39 is 28.6 Å². The normalized spacial score (nSPS) is 14.5. The van der Waals surface area contributed by atoms with Crippen LogP contribution < -0.4 is 24.5 Å². The Labute approximate surface area is 256 Å². The van der Waals surface area contributed by atoms with E-state index in [1.165, 1.54) is 35.0 Å². The summed E-state index contributed by atoms with van der Waals surface area (Å²) in [6, 6.07) is 17.0. The topological polar surface area (TPSA) is 116 Å². The molecule has 2 aromatic heterocycles. The van der Waals surface area contributed by atoms with Crippen LogP contribution in [0.15, 0.2) is 83.9 Å². The molecule has 12 heteroatoms. The van der Waals surface area contributed by atoms with Gasteiger partial charge in [-0.3, -0.25) is 4.79 Å². The summed E-state index contributed by atoms with van der Waals surface area (Å²) in [6.07, 6.45) is 4.07. The van der Waals surface area contributed by atoms with E-state index in [2.05, 4.69) is 10.2 Å². The number of carboxylic acids is 1. The molecule has 6 rings (SSSR count). The average molecular weight is 615 g/mol. The summed E-state index contributed by atoms with van der Waals surface area (Å²) in [7, 11) is 1.57. The Balaban J connectivity index is 1.35. The van der Waals surface area contributed by atoms with Gasteiger partial charge in [-0.1, -0.05) is 12.1 Å². The summed E-state index contributed by atoms with van der Waals surface area (Å²) in [5.74, 6) is -1.67. The zero-order valence-electron chi connectivity index (χ0n) is 24.2. The van der Waals surface area contributed by atoms with Crippen molar-refractivity contribution in [2.75, 3.05) is 25.2 Å². The second-order valence-corrected chi connectivity index (χ2v) is 10.5. The number of benzene rings is 3. The zero-order valence-corrected chi connectivity index (χ0v) is 24.2. The van der Waals surface area contributed by atoms with E-state index in [0.717, 1.165) is 30.7 Å². The molecule has 10 nitrogen and oxygen atoms in total. The van der Waals surface area contributed by atoms with Crippen LogP contribution >= 0.6 is 0 Å². The van der Waals surface area contributed by atoms with Gasteiger partial charge in [-0.2, -0.15) is 5.10 Å². The van der Waals surface area contributed by atoms with Crippen molar-refractivity contribution in [3.8, 4) is 23.1 Å². The van der Waals surface area contributed by atoms with E-state index in [1.54, 1.807) is 31.4 Å². The van der Waals surface area contributed by atoms with Crippen LogP contribution in [0, 0.1) is 11.6 Å². The summed E-state index contributed by atoms with van der Waals surface area (Å²) < 4.78 is 49.3. The highest BCUT2D eigenvalue weighted by atomic mass is 19.1. The van der Waals surface area contributed by atoms with Gasteiger partial charge in [0.2, 0.25) is 11.3 Å². The fourth-order valence-electron chi connectivity index (χ4n) is 5.44. The largest absolute Gasteiger partial charge is 0.497 e. The van der Waals surface area contributed by atoms with Gasteiger partial charge in [0, 0.05) is 36.5 Å². The van der Waals surface area contributed by atoms with E-state index >= 15 is 8.78 Å². The van der Waals surface area contributed by atoms with Crippen molar-refractivity contribution in [3.63, 3.8) is 0 Å². The van der Waals surface area contributed by atoms with Crippen LogP contribution in [0.2, 0.25) is 0 Å². The molecule has 0 bridgehead atoms. The maximum atomic E-state index is 15.7. The van der Waals surface area contributed by atoms with Gasteiger partial charge in [0.05, 0.1) is 30.0 Å². The van der Waals surface area contributed by atoms with Crippen LogP contribution in [0.25, 0.3) is 16.6 Å². The minimum absolute atomic E-state index is 0.0409. The van der Waals surface area contributed by atoms with Crippen LogP contribution in [0.3, 0.4) is 0 Å². The van der Waals surface area contributed by atoms with Gasteiger partial charge in [0.15, 0.2) is 5.82 Å². The van der Waals surface area contributed by atoms with Crippen molar-refractivity contribution in [2.45, 2.75) is 25.5 Å². The third kappa shape index (κ3) is 6.12. The first-order chi connectivity index (χ1) is 21.8. The van der Waals surface area contributed by atoms with Gasteiger partial charge in [0.25, 0.3) is 0 Å². The minimum atomic E-state index is -1.51. The van der Waals surface area contributed by atoms with Crippen molar-refractivity contribution in [2.24, 2.45) is 0 Å². The first kappa shape index (κ1) is 29.5. The number of rotatable bonds is 10. The molecule has 1 atom stereocenters. The SMILES string of the molecule is COc1ccc(COc2ccc(-n3cc(C(=O)O)c(=O)c4cc(F)c(N5CCC[C@@H]5COc5cccnn5)cc43)c(F)c2)cc1. The molecule has 0 spiro atoms. The molecule has 3 heterocycles. The second kappa shape index (κ2) is 12.6. The number of hydrogen-bond acceptors (Lipinski definition) is 8. The number of ether oxygens (including phenoxy) is 3. The number of aromatic carboxylic acids is 1. The number of pyridine rings is 1. The first-order valence-corrected chi connectivity index (χ1v) is 14.2. The van der Waals surface area contributed by atoms with Crippen LogP contribution in [-0.4, -0.2) is 52.1 Å². The molecule has 1 aliphatic heterocycles. The number of fused-ring (bicyclic) bond motifs is 1. The highest BCUT2D eigenvalue weighted by Gasteiger charge is 2.29. The molecular formula is C33H28F2N4O6. The van der Waals surface area contributed by atoms with E-state index in [0.29, 0.717) is 18.2 Å². The highest BCUT2D eigenvalue weighted by Crippen LogP contribution is 2.33.